The lowest BCUT2D eigenvalue weighted by atomic mass is 9.98. The number of nitrogens with zero attached hydrogens (tertiary/aromatic N) is 2. The molecular formula is C21H28N2O2. The fourth-order valence-electron chi connectivity index (χ4n) is 3.72. The van der Waals surface area contributed by atoms with Crippen LogP contribution in [0.4, 0.5) is 0 Å². The summed E-state index contributed by atoms with van der Waals surface area (Å²) in [6, 6.07) is 8.42. The van der Waals surface area contributed by atoms with Crippen LogP contribution in [-0.2, 0) is 16.6 Å². The van der Waals surface area contributed by atoms with E-state index in [9.17, 15) is 4.79 Å². The number of carbonyl (C=O) groups is 1. The van der Waals surface area contributed by atoms with Gasteiger partial charge in [0.2, 0.25) is 5.91 Å². The number of rotatable bonds is 6. The summed E-state index contributed by atoms with van der Waals surface area (Å²) in [5.74, 6) is 0.153. The highest BCUT2D eigenvalue weighted by Crippen LogP contribution is 2.40. The first kappa shape index (κ1) is 17.7. The van der Waals surface area contributed by atoms with Crippen LogP contribution in [-0.4, -0.2) is 34.6 Å². The zero-order chi connectivity index (χ0) is 18.1. The van der Waals surface area contributed by atoms with Crippen LogP contribution < -0.4 is 0 Å². The Labute approximate surface area is 150 Å². The zero-order valence-corrected chi connectivity index (χ0v) is 15.9. The van der Waals surface area contributed by atoms with Gasteiger partial charge >= 0.3 is 0 Å². The molecule has 1 aliphatic rings. The Bertz CT molecular complexity index is 816. The maximum absolute atomic E-state index is 12.8. The molecule has 0 unspecified atom stereocenters. The number of hydrogen-bond acceptors (Lipinski definition) is 2. The quantitative estimate of drug-likeness (QED) is 0.738. The summed E-state index contributed by atoms with van der Waals surface area (Å²) in [6.45, 7) is 9.51. The summed E-state index contributed by atoms with van der Waals surface area (Å²) in [6.07, 6.45) is 3.25. The van der Waals surface area contributed by atoms with Gasteiger partial charge in [0.15, 0.2) is 0 Å². The first-order valence-electron chi connectivity index (χ1n) is 9.05. The van der Waals surface area contributed by atoms with Gasteiger partial charge in [-0.25, -0.2) is 0 Å². The van der Waals surface area contributed by atoms with E-state index >= 15 is 0 Å². The Morgan fingerprint density at radius 2 is 1.92 bits per heavy atom. The predicted octanol–water partition coefficient (Wildman–Crippen LogP) is 4.21. The second kappa shape index (κ2) is 7.04. The molecule has 1 aliphatic heterocycles. The molecule has 4 nitrogen and oxygen atoms in total. The Hall–Kier alpha value is -2.07. The second-order valence-corrected chi connectivity index (χ2v) is 7.19. The van der Waals surface area contributed by atoms with Crippen molar-refractivity contribution in [3.05, 3.63) is 47.2 Å². The molecule has 2 aromatic rings. The van der Waals surface area contributed by atoms with Gasteiger partial charge in [-0.05, 0) is 45.8 Å². The molecule has 1 atom stereocenters. The third-order valence-electron chi connectivity index (χ3n) is 5.11. The standard InChI is InChI=1S/C21H28N2O2/c1-14(2)25-12-8-11-23-20(15(3)16(4)21(23)24)18-13-22(5)19-10-7-6-9-17(18)19/h6-7,9-10,13-14,20H,8,11-12H2,1-5H3/t20-/m0/s1. The van der Waals surface area contributed by atoms with Crippen molar-refractivity contribution in [1.29, 1.82) is 0 Å². The van der Waals surface area contributed by atoms with Crippen LogP contribution in [0.25, 0.3) is 10.9 Å². The van der Waals surface area contributed by atoms with Crippen LogP contribution in [0.1, 0.15) is 45.7 Å². The number of fused-ring (bicyclic) bond motifs is 1. The smallest absolute Gasteiger partial charge is 0.250 e. The highest BCUT2D eigenvalue weighted by molar-refractivity contribution is 5.98. The summed E-state index contributed by atoms with van der Waals surface area (Å²) in [4.78, 5) is 14.8. The lowest BCUT2D eigenvalue weighted by molar-refractivity contribution is -0.127. The fourth-order valence-corrected chi connectivity index (χ4v) is 3.72. The Balaban J connectivity index is 1.91. The minimum absolute atomic E-state index is 0.0256. The topological polar surface area (TPSA) is 34.5 Å². The van der Waals surface area contributed by atoms with E-state index < -0.39 is 0 Å². The molecule has 0 saturated carbocycles. The monoisotopic (exact) mass is 340 g/mol. The summed E-state index contributed by atoms with van der Waals surface area (Å²) in [5, 5.41) is 1.22. The SMILES string of the molecule is CC1=C(C)[C@@H](c2cn(C)c3ccccc23)N(CCCOC(C)C)C1=O. The molecule has 1 aromatic carbocycles. The van der Waals surface area contributed by atoms with Gasteiger partial charge in [0.05, 0.1) is 12.1 Å². The van der Waals surface area contributed by atoms with E-state index in [1.807, 2.05) is 25.7 Å². The predicted molar refractivity (Wildman–Crippen MR) is 101 cm³/mol. The Morgan fingerprint density at radius 3 is 2.64 bits per heavy atom. The third kappa shape index (κ3) is 3.23. The van der Waals surface area contributed by atoms with Crippen LogP contribution >= 0.6 is 0 Å². The number of carbonyl (C=O) groups excluding carboxylic acids is 1. The number of aromatic nitrogens is 1. The number of aryl methyl sites for hydroxylation is 1. The molecule has 25 heavy (non-hydrogen) atoms. The van der Waals surface area contributed by atoms with Gasteiger partial charge in [-0.2, -0.15) is 0 Å². The maximum atomic E-state index is 12.8. The van der Waals surface area contributed by atoms with Gasteiger partial charge in [-0.3, -0.25) is 4.79 Å². The van der Waals surface area contributed by atoms with Crippen molar-refractivity contribution in [2.24, 2.45) is 7.05 Å². The van der Waals surface area contributed by atoms with Crippen LogP contribution in [0.15, 0.2) is 41.6 Å². The number of para-hydroxylation sites is 1. The van der Waals surface area contributed by atoms with Gasteiger partial charge in [0.25, 0.3) is 0 Å². The van der Waals surface area contributed by atoms with Crippen molar-refractivity contribution < 1.29 is 9.53 Å². The molecule has 0 N–H and O–H groups in total. The zero-order valence-electron chi connectivity index (χ0n) is 15.9. The van der Waals surface area contributed by atoms with Crippen LogP contribution in [0.3, 0.4) is 0 Å². The normalized spacial score (nSPS) is 18.2. The average molecular weight is 340 g/mol. The molecule has 3 rings (SSSR count). The van der Waals surface area contributed by atoms with Gasteiger partial charge in [-0.1, -0.05) is 18.2 Å². The molecule has 1 amide bonds. The maximum Gasteiger partial charge on any atom is 0.250 e. The highest BCUT2D eigenvalue weighted by atomic mass is 16.5. The molecule has 0 fully saturated rings. The summed E-state index contributed by atoms with van der Waals surface area (Å²) < 4.78 is 7.80. The summed E-state index contributed by atoms with van der Waals surface area (Å²) in [5.41, 5.74) is 4.45. The highest BCUT2D eigenvalue weighted by Gasteiger charge is 2.36. The second-order valence-electron chi connectivity index (χ2n) is 7.19. The molecule has 134 valence electrons. The van der Waals surface area contributed by atoms with Crippen LogP contribution in [0, 0.1) is 0 Å². The van der Waals surface area contributed by atoms with Gasteiger partial charge in [0.1, 0.15) is 0 Å². The van der Waals surface area contributed by atoms with E-state index in [0.717, 1.165) is 17.6 Å². The number of amides is 1. The number of benzene rings is 1. The number of ether oxygens (including phenoxy) is 1. The molecule has 4 heteroatoms. The lowest BCUT2D eigenvalue weighted by Gasteiger charge is -2.26. The van der Waals surface area contributed by atoms with Crippen LogP contribution in [0.5, 0.6) is 0 Å². The largest absolute Gasteiger partial charge is 0.379 e. The van der Waals surface area contributed by atoms with Gasteiger partial charge < -0.3 is 14.2 Å². The third-order valence-corrected chi connectivity index (χ3v) is 5.11. The summed E-state index contributed by atoms with van der Waals surface area (Å²) >= 11 is 0. The van der Waals surface area contributed by atoms with E-state index in [-0.39, 0.29) is 18.1 Å². The first-order chi connectivity index (χ1) is 11.9. The molecule has 1 aromatic heterocycles. The molecule has 2 heterocycles. The molecule has 0 saturated heterocycles. The van der Waals surface area contributed by atoms with Crippen molar-refractivity contribution in [3.8, 4) is 0 Å². The van der Waals surface area contributed by atoms with E-state index in [2.05, 4.69) is 49.0 Å². The average Bonchev–Trinajstić information content (AvgIpc) is 3.02. The van der Waals surface area contributed by atoms with E-state index in [1.54, 1.807) is 0 Å². The molecule has 0 aliphatic carbocycles. The molecular weight excluding hydrogens is 312 g/mol. The van der Waals surface area contributed by atoms with E-state index in [4.69, 9.17) is 4.74 Å². The van der Waals surface area contributed by atoms with Gasteiger partial charge in [0, 0.05) is 48.4 Å². The van der Waals surface area contributed by atoms with Crippen molar-refractivity contribution in [1.82, 2.24) is 9.47 Å². The van der Waals surface area contributed by atoms with Crippen molar-refractivity contribution in [2.75, 3.05) is 13.2 Å². The van der Waals surface area contributed by atoms with Crippen molar-refractivity contribution in [3.63, 3.8) is 0 Å². The Morgan fingerprint density at radius 1 is 1.20 bits per heavy atom. The van der Waals surface area contributed by atoms with Crippen LogP contribution in [0.2, 0.25) is 0 Å². The molecule has 0 spiro atoms. The molecule has 0 bridgehead atoms. The lowest BCUT2D eigenvalue weighted by Crippen LogP contribution is -2.31. The number of hydrogen-bond donors (Lipinski definition) is 0. The van der Waals surface area contributed by atoms with Gasteiger partial charge in [-0.15, -0.1) is 0 Å². The van der Waals surface area contributed by atoms with Crippen molar-refractivity contribution in [2.45, 2.75) is 46.3 Å². The Kier molecular flexibility index (Phi) is 5.00. The fraction of sp³-hybridized carbons (Fsp3) is 0.476. The minimum Gasteiger partial charge on any atom is -0.379 e. The first-order valence-corrected chi connectivity index (χ1v) is 9.05. The minimum atomic E-state index is 0.0256. The summed E-state index contributed by atoms with van der Waals surface area (Å²) in [7, 11) is 2.06. The van der Waals surface area contributed by atoms with Crippen molar-refractivity contribution >= 4 is 16.8 Å². The van der Waals surface area contributed by atoms with E-state index in [1.165, 1.54) is 16.5 Å². The van der Waals surface area contributed by atoms with E-state index in [0.29, 0.717) is 13.2 Å². The molecule has 0 radical (unpaired) electrons.